The van der Waals surface area contributed by atoms with Crippen LogP contribution in [0.15, 0.2) is 46.0 Å². The number of carbonyl (C=O) groups excluding carboxylic acids is 1. The van der Waals surface area contributed by atoms with Crippen molar-refractivity contribution in [2.45, 2.75) is 65.0 Å². The first-order valence-corrected chi connectivity index (χ1v) is 13.2. The number of hydrogen-bond acceptors (Lipinski definition) is 8. The Kier molecular flexibility index (Phi) is 9.94. The Balaban J connectivity index is 0.00000108. The number of benzene rings is 1. The number of Topliss-reactive ketones (excluding diaryl/α,β-unsaturated/α-hetero) is 1. The standard InChI is InChI=1S/C23H27FN4O3S.C3H8/c1-2-3-18(30)20-17(13-28-9-6-15(29)7-10-28)26-22(23-25-8-11-32-23)27-21(20)16-5-4-14(24)12-19(16)31;1-3-2/h4-5,8,11-12,15,21,29,31H,2-3,6-7,9-10,13H2,1H3,(H,26,27);3H2,1-2H3. The number of phenols is 1. The van der Waals surface area contributed by atoms with Gasteiger partial charge in [0.05, 0.1) is 6.10 Å². The van der Waals surface area contributed by atoms with Gasteiger partial charge in [-0.3, -0.25) is 14.7 Å². The highest BCUT2D eigenvalue weighted by Gasteiger charge is 2.33. The van der Waals surface area contributed by atoms with Gasteiger partial charge in [-0.2, -0.15) is 0 Å². The van der Waals surface area contributed by atoms with Gasteiger partial charge in [-0.05, 0) is 31.4 Å². The molecule has 0 bridgehead atoms. The van der Waals surface area contributed by atoms with Gasteiger partial charge < -0.3 is 15.5 Å². The lowest BCUT2D eigenvalue weighted by Crippen LogP contribution is -2.42. The first kappa shape index (κ1) is 27.0. The molecule has 2 aromatic rings. The Morgan fingerprint density at radius 3 is 2.57 bits per heavy atom. The van der Waals surface area contributed by atoms with E-state index >= 15 is 0 Å². The Hall–Kier alpha value is -2.62. The average Bonchev–Trinajstić information content (AvgIpc) is 3.36. The topological polar surface area (TPSA) is 98.1 Å². The summed E-state index contributed by atoms with van der Waals surface area (Å²) >= 11 is 1.42. The van der Waals surface area contributed by atoms with E-state index in [0.717, 1.165) is 19.2 Å². The molecule has 0 saturated carbocycles. The Morgan fingerprint density at radius 1 is 1.26 bits per heavy atom. The zero-order valence-electron chi connectivity index (χ0n) is 20.6. The van der Waals surface area contributed by atoms with Gasteiger partial charge in [-0.1, -0.05) is 27.2 Å². The van der Waals surface area contributed by atoms with Gasteiger partial charge in [0.25, 0.3) is 0 Å². The molecule has 35 heavy (non-hydrogen) atoms. The van der Waals surface area contributed by atoms with Gasteiger partial charge in [0.1, 0.15) is 17.6 Å². The zero-order valence-corrected chi connectivity index (χ0v) is 21.4. The van der Waals surface area contributed by atoms with Crippen LogP contribution < -0.4 is 5.32 Å². The summed E-state index contributed by atoms with van der Waals surface area (Å²) in [5.74, 6) is -0.320. The van der Waals surface area contributed by atoms with E-state index in [2.05, 4.69) is 29.0 Å². The number of piperidine rings is 1. The molecule has 1 fully saturated rings. The summed E-state index contributed by atoms with van der Waals surface area (Å²) < 4.78 is 13.7. The lowest BCUT2D eigenvalue weighted by atomic mass is 9.90. The summed E-state index contributed by atoms with van der Waals surface area (Å²) in [6.45, 7) is 8.12. The second kappa shape index (κ2) is 12.9. The second-order valence-corrected chi connectivity index (χ2v) is 9.72. The highest BCUT2D eigenvalue weighted by Crippen LogP contribution is 2.38. The predicted molar refractivity (Wildman–Crippen MR) is 137 cm³/mol. The molecule has 0 amide bonds. The number of aromatic nitrogens is 1. The normalized spacial score (nSPS) is 19.0. The molecule has 2 aliphatic heterocycles. The quantitative estimate of drug-likeness (QED) is 0.513. The van der Waals surface area contributed by atoms with Crippen LogP contribution >= 0.6 is 11.3 Å². The van der Waals surface area contributed by atoms with Crippen LogP contribution in [0, 0.1) is 5.82 Å². The number of likely N-dealkylation sites (tertiary alicyclic amines) is 1. The van der Waals surface area contributed by atoms with E-state index in [1.165, 1.54) is 29.9 Å². The van der Waals surface area contributed by atoms with Crippen molar-refractivity contribution in [1.82, 2.24) is 15.2 Å². The molecule has 0 aliphatic carbocycles. The number of amidine groups is 1. The number of aliphatic imine (C=N–C) groups is 1. The molecule has 190 valence electrons. The van der Waals surface area contributed by atoms with Crippen molar-refractivity contribution >= 4 is 23.0 Å². The number of rotatable bonds is 7. The summed E-state index contributed by atoms with van der Waals surface area (Å²) in [5.41, 5.74) is 1.59. The number of nitrogens with one attached hydrogen (secondary N) is 1. The molecule has 0 spiro atoms. The largest absolute Gasteiger partial charge is 0.507 e. The average molecular weight is 503 g/mol. The maximum Gasteiger partial charge on any atom is 0.163 e. The SMILES string of the molecule is CCC.CCCC(=O)C1=C(CN2CCC(O)CC2)NC(c2nccs2)=NC1c1ccc(F)cc1O. The number of ketones is 1. The summed E-state index contributed by atoms with van der Waals surface area (Å²) in [5, 5.41) is 26.2. The van der Waals surface area contributed by atoms with Crippen LogP contribution in [0.1, 0.15) is 69.5 Å². The highest BCUT2D eigenvalue weighted by atomic mass is 32.1. The lowest BCUT2D eigenvalue weighted by Gasteiger charge is -2.34. The van der Waals surface area contributed by atoms with E-state index in [1.54, 1.807) is 6.20 Å². The van der Waals surface area contributed by atoms with Gasteiger partial charge in [0.15, 0.2) is 16.6 Å². The molecule has 3 heterocycles. The molecule has 1 saturated heterocycles. The number of hydrogen-bond donors (Lipinski definition) is 3. The van der Waals surface area contributed by atoms with Crippen LogP contribution in [-0.2, 0) is 4.79 Å². The third-order valence-corrected chi connectivity index (χ3v) is 6.54. The number of thiazole rings is 1. The fourth-order valence-corrected chi connectivity index (χ4v) is 4.72. The van der Waals surface area contributed by atoms with E-state index in [-0.39, 0.29) is 17.6 Å². The molecule has 1 aromatic carbocycles. The van der Waals surface area contributed by atoms with Crippen LogP contribution in [0.3, 0.4) is 0 Å². The maximum absolute atomic E-state index is 13.7. The van der Waals surface area contributed by atoms with Crippen LogP contribution in [-0.4, -0.2) is 57.5 Å². The molecular formula is C26H35FN4O3S. The number of halogens is 1. The smallest absolute Gasteiger partial charge is 0.163 e. The summed E-state index contributed by atoms with van der Waals surface area (Å²) in [7, 11) is 0. The van der Waals surface area contributed by atoms with Crippen LogP contribution in [0.25, 0.3) is 0 Å². The summed E-state index contributed by atoms with van der Waals surface area (Å²) in [6, 6.07) is 3.03. The van der Waals surface area contributed by atoms with Gasteiger partial charge in [0.2, 0.25) is 0 Å². The van der Waals surface area contributed by atoms with E-state index < -0.39 is 11.9 Å². The molecule has 0 radical (unpaired) electrons. The minimum absolute atomic E-state index is 0.0530. The Bertz CT molecular complexity index is 1050. The predicted octanol–water partition coefficient (Wildman–Crippen LogP) is 4.58. The van der Waals surface area contributed by atoms with E-state index in [4.69, 9.17) is 4.99 Å². The molecule has 2 aliphatic rings. The maximum atomic E-state index is 13.7. The van der Waals surface area contributed by atoms with E-state index in [0.29, 0.717) is 59.9 Å². The fourth-order valence-electron chi connectivity index (χ4n) is 4.13. The number of phenolic OH excluding ortho intramolecular Hbond substituents is 1. The first-order chi connectivity index (χ1) is 16.9. The summed E-state index contributed by atoms with van der Waals surface area (Å²) in [4.78, 5) is 24.6. The molecule has 3 N–H and O–H groups in total. The third kappa shape index (κ3) is 6.96. The number of aromatic hydroxyl groups is 1. The molecule has 7 nitrogen and oxygen atoms in total. The van der Waals surface area contributed by atoms with E-state index in [1.807, 2.05) is 12.3 Å². The van der Waals surface area contributed by atoms with E-state index in [9.17, 15) is 19.4 Å². The van der Waals surface area contributed by atoms with Crippen molar-refractivity contribution in [3.8, 4) is 5.75 Å². The molecule has 4 rings (SSSR count). The molecule has 9 heteroatoms. The van der Waals surface area contributed by atoms with Crippen molar-refractivity contribution in [1.29, 1.82) is 0 Å². The summed E-state index contributed by atoms with van der Waals surface area (Å²) in [6.07, 6.45) is 5.03. The lowest BCUT2D eigenvalue weighted by molar-refractivity contribution is -0.116. The highest BCUT2D eigenvalue weighted by molar-refractivity contribution is 7.11. The van der Waals surface area contributed by atoms with Gasteiger partial charge in [-0.25, -0.2) is 9.37 Å². The van der Waals surface area contributed by atoms with Crippen molar-refractivity contribution in [3.63, 3.8) is 0 Å². The monoisotopic (exact) mass is 502 g/mol. The number of aliphatic hydroxyl groups is 1. The van der Waals surface area contributed by atoms with Gasteiger partial charge in [-0.15, -0.1) is 11.3 Å². The molecule has 1 unspecified atom stereocenters. The number of nitrogens with zero attached hydrogens (tertiary/aromatic N) is 3. The van der Waals surface area contributed by atoms with Crippen molar-refractivity contribution in [2.75, 3.05) is 19.6 Å². The van der Waals surface area contributed by atoms with Crippen molar-refractivity contribution in [3.05, 3.63) is 57.4 Å². The van der Waals surface area contributed by atoms with Gasteiger partial charge in [0, 0.05) is 60.5 Å². The second-order valence-electron chi connectivity index (χ2n) is 8.83. The van der Waals surface area contributed by atoms with Crippen molar-refractivity contribution in [2.24, 2.45) is 4.99 Å². The Labute approximate surface area is 210 Å². The van der Waals surface area contributed by atoms with Gasteiger partial charge >= 0.3 is 0 Å². The molecule has 1 atom stereocenters. The Morgan fingerprint density at radius 2 is 1.97 bits per heavy atom. The van der Waals surface area contributed by atoms with Crippen LogP contribution in [0.4, 0.5) is 4.39 Å². The first-order valence-electron chi connectivity index (χ1n) is 12.3. The number of carbonyl (C=O) groups is 1. The van der Waals surface area contributed by atoms with Crippen molar-refractivity contribution < 1.29 is 19.4 Å². The fraction of sp³-hybridized carbons (Fsp3) is 0.500. The van der Waals surface area contributed by atoms with Crippen LogP contribution in [0.5, 0.6) is 5.75 Å². The minimum atomic E-state index is -0.764. The zero-order chi connectivity index (χ0) is 25.4. The van der Waals surface area contributed by atoms with Crippen LogP contribution in [0.2, 0.25) is 0 Å². The minimum Gasteiger partial charge on any atom is -0.507 e. The molecular weight excluding hydrogens is 467 g/mol. The molecule has 1 aromatic heterocycles. The third-order valence-electron chi connectivity index (χ3n) is 5.76. The number of aliphatic hydroxyl groups excluding tert-OH is 1.